The molecule has 0 radical (unpaired) electrons. The van der Waals surface area contributed by atoms with Gasteiger partial charge in [0.2, 0.25) is 11.8 Å². The number of carbonyl (C=O) groups excluding carboxylic acids is 3. The van der Waals surface area contributed by atoms with E-state index >= 15 is 0 Å². The number of hydrogen-bond acceptors (Lipinski definition) is 8. The van der Waals surface area contributed by atoms with Gasteiger partial charge in [-0.15, -0.1) is 0 Å². The number of nitrogens with one attached hydrogen (secondary N) is 2. The SMILES string of the molecule is C.CCC.CCC.CCC.CCC(C)C.CCC(C)O.CCC(N)=O.CCN=C(N)N.CCNC(C)=O.CCNC(N)=O.CCS(C)(=O)=O.CCS(C)=O. The average molecular weight is 830 g/mol. The number of aliphatic imine (C=N–C) groups is 1. The number of urea groups is 1. The summed E-state index contributed by atoms with van der Waals surface area (Å²) >= 11 is 0. The highest BCUT2D eigenvalue weighted by atomic mass is 32.2. The molecule has 0 heterocycles. The third kappa shape index (κ3) is 379. The maximum absolute atomic E-state index is 10.0. The van der Waals surface area contributed by atoms with Crippen LogP contribution >= 0.6 is 0 Å². The van der Waals surface area contributed by atoms with Crippen LogP contribution in [0.1, 0.15) is 171 Å². The van der Waals surface area contributed by atoms with E-state index in [0.717, 1.165) is 24.6 Å². The molecule has 16 heteroatoms. The van der Waals surface area contributed by atoms with E-state index in [2.05, 4.69) is 89.4 Å². The third-order valence-corrected chi connectivity index (χ3v) is 5.67. The lowest BCUT2D eigenvalue weighted by molar-refractivity contribution is -0.119. The molecular formula is C38H99N7O7S2. The van der Waals surface area contributed by atoms with Crippen LogP contribution in [0.2, 0.25) is 0 Å². The van der Waals surface area contributed by atoms with Crippen LogP contribution in [0.5, 0.6) is 0 Å². The molecule has 0 aromatic rings. The Kier molecular flexibility index (Phi) is 130. The van der Waals surface area contributed by atoms with Crippen molar-refractivity contribution in [2.45, 2.75) is 177 Å². The van der Waals surface area contributed by atoms with Crippen molar-refractivity contribution < 1.29 is 32.1 Å². The van der Waals surface area contributed by atoms with Crippen LogP contribution in [0.25, 0.3) is 0 Å². The zero-order valence-electron chi connectivity index (χ0n) is 38.4. The molecule has 0 saturated heterocycles. The largest absolute Gasteiger partial charge is 0.393 e. The molecule has 54 heavy (non-hydrogen) atoms. The second kappa shape index (κ2) is 83.5. The first-order valence-corrected chi connectivity index (χ1v) is 22.8. The first-order chi connectivity index (χ1) is 24.2. The van der Waals surface area contributed by atoms with Crippen molar-refractivity contribution in [3.63, 3.8) is 0 Å². The number of aliphatic hydroxyl groups is 1. The molecule has 2 atom stereocenters. The first kappa shape index (κ1) is 84.2. The molecule has 0 aromatic carbocycles. The standard InChI is InChI=1S/C5H12.C4H9NO.C4H10O.C3H9N3.C3H8N2O.C3H7NO.C3H8O2S.C3H8OS.3C3H8.CH4/c1-4-5(2)3;1-3-5-4(2)6;1-3-4(2)5;1-2-6-3(4)5;1-2-5-3(4)6;1-2-3(4)5;1-3-6(2,4)5;1-3-5(2)4;3*1-3-2;/h5H,4H2,1-3H3;3H2,1-2H3,(H,5,6);4-5H,3H2,1-2H3;2H2,1H3,(H4,4,5,6);2H2,1H3,(H3,4,5,6);2H2,1H3,(H2,4,5);3H2,1-2H3;3H2,1-2H3;3*3H2,1-2H3;1H4. The highest BCUT2D eigenvalue weighted by Crippen LogP contribution is 1.93. The van der Waals surface area contributed by atoms with E-state index < -0.39 is 26.7 Å². The Morgan fingerprint density at radius 1 is 0.722 bits per heavy atom. The second-order valence-corrected chi connectivity index (χ2v) is 15.1. The molecule has 0 aliphatic carbocycles. The van der Waals surface area contributed by atoms with Gasteiger partial charge >= 0.3 is 6.03 Å². The van der Waals surface area contributed by atoms with E-state index in [1.807, 2.05) is 34.6 Å². The summed E-state index contributed by atoms with van der Waals surface area (Å²) in [7, 11) is -3.23. The smallest absolute Gasteiger partial charge is 0.312 e. The number of primary amides is 2. The van der Waals surface area contributed by atoms with Gasteiger partial charge in [0.25, 0.3) is 0 Å². The Bertz CT molecular complexity index is 769. The number of amides is 4. The van der Waals surface area contributed by atoms with Gasteiger partial charge in [-0.25, -0.2) is 13.2 Å². The van der Waals surface area contributed by atoms with Crippen molar-refractivity contribution in [3.8, 4) is 0 Å². The molecule has 340 valence electrons. The number of nitrogens with two attached hydrogens (primary N) is 4. The molecule has 0 aliphatic heterocycles. The number of rotatable bonds is 8. The number of carbonyl (C=O) groups is 3. The summed E-state index contributed by atoms with van der Waals surface area (Å²) in [6, 6.07) is -0.461. The summed E-state index contributed by atoms with van der Waals surface area (Å²) in [4.78, 5) is 32.8. The summed E-state index contributed by atoms with van der Waals surface area (Å²) in [5.74, 6) is 1.86. The molecule has 0 fully saturated rings. The van der Waals surface area contributed by atoms with Gasteiger partial charge in [-0.3, -0.25) is 18.8 Å². The van der Waals surface area contributed by atoms with Gasteiger partial charge in [0.15, 0.2) is 5.96 Å². The molecule has 0 bridgehead atoms. The highest BCUT2D eigenvalue weighted by molar-refractivity contribution is 7.90. The minimum Gasteiger partial charge on any atom is -0.393 e. The fourth-order valence-electron chi connectivity index (χ4n) is 0.606. The Morgan fingerprint density at radius 2 is 0.963 bits per heavy atom. The van der Waals surface area contributed by atoms with Crippen LogP contribution in [0.15, 0.2) is 4.99 Å². The van der Waals surface area contributed by atoms with E-state index in [0.29, 0.717) is 19.5 Å². The normalized spacial score (nSPS) is 9.15. The predicted octanol–water partition coefficient (Wildman–Crippen LogP) is 7.13. The molecule has 0 rings (SSSR count). The van der Waals surface area contributed by atoms with Crippen molar-refractivity contribution in [2.75, 3.05) is 43.7 Å². The van der Waals surface area contributed by atoms with Crippen molar-refractivity contribution in [2.24, 2.45) is 33.8 Å². The van der Waals surface area contributed by atoms with Crippen molar-refractivity contribution in [1.82, 2.24) is 10.6 Å². The number of hydrogen-bond donors (Lipinski definition) is 7. The van der Waals surface area contributed by atoms with Gasteiger partial charge in [0.1, 0.15) is 9.84 Å². The van der Waals surface area contributed by atoms with Gasteiger partial charge in [-0.2, -0.15) is 0 Å². The molecule has 0 saturated carbocycles. The molecule has 0 aliphatic rings. The van der Waals surface area contributed by atoms with Gasteiger partial charge in [0.05, 0.1) is 6.10 Å². The molecule has 2 unspecified atom stereocenters. The summed E-state index contributed by atoms with van der Waals surface area (Å²) < 4.78 is 29.9. The van der Waals surface area contributed by atoms with Gasteiger partial charge < -0.3 is 38.7 Å². The molecule has 0 spiro atoms. The van der Waals surface area contributed by atoms with Crippen LogP contribution < -0.4 is 33.6 Å². The van der Waals surface area contributed by atoms with Crippen molar-refractivity contribution in [3.05, 3.63) is 0 Å². The minimum atomic E-state index is -2.66. The van der Waals surface area contributed by atoms with Gasteiger partial charge in [0, 0.05) is 67.8 Å². The first-order valence-electron chi connectivity index (χ1n) is 19.0. The number of guanidine groups is 1. The lowest BCUT2D eigenvalue weighted by Gasteiger charge is -1.90. The van der Waals surface area contributed by atoms with Crippen molar-refractivity contribution in [1.29, 1.82) is 0 Å². The Morgan fingerprint density at radius 3 is 0.963 bits per heavy atom. The van der Waals surface area contributed by atoms with E-state index in [1.54, 1.807) is 27.0 Å². The predicted molar refractivity (Wildman–Crippen MR) is 245 cm³/mol. The van der Waals surface area contributed by atoms with E-state index in [1.165, 1.54) is 38.9 Å². The number of sulfone groups is 1. The zero-order chi connectivity index (χ0) is 45.4. The summed E-state index contributed by atoms with van der Waals surface area (Å²) in [5, 5.41) is 13.3. The maximum Gasteiger partial charge on any atom is 0.312 e. The summed E-state index contributed by atoms with van der Waals surface area (Å²) in [6.07, 6.45) is 9.16. The summed E-state index contributed by atoms with van der Waals surface area (Å²) in [6.45, 7) is 37.4. The summed E-state index contributed by atoms with van der Waals surface area (Å²) in [5.41, 5.74) is 19.2. The average Bonchev–Trinajstić information content (AvgIpc) is 3.03. The van der Waals surface area contributed by atoms with Crippen LogP contribution in [0, 0.1) is 5.92 Å². The van der Waals surface area contributed by atoms with Crippen molar-refractivity contribution >= 4 is 44.4 Å². The van der Waals surface area contributed by atoms with E-state index in [-0.39, 0.29) is 37.1 Å². The highest BCUT2D eigenvalue weighted by Gasteiger charge is 1.90. The lowest BCUT2D eigenvalue weighted by atomic mass is 10.2. The number of aliphatic hydroxyl groups excluding tert-OH is 1. The van der Waals surface area contributed by atoms with Crippen LogP contribution in [0.3, 0.4) is 0 Å². The minimum absolute atomic E-state index is 0. The molecule has 14 nitrogen and oxygen atoms in total. The molecule has 0 aromatic heterocycles. The zero-order valence-corrected chi connectivity index (χ0v) is 40.0. The number of nitrogens with zero attached hydrogens (tertiary/aromatic N) is 1. The Balaban J connectivity index is -0.0000000362. The monoisotopic (exact) mass is 830 g/mol. The molecule has 4 amide bonds. The fraction of sp³-hybridized carbons (Fsp3) is 0.895. The maximum atomic E-state index is 10.0. The lowest BCUT2D eigenvalue weighted by Crippen LogP contribution is -2.28. The van der Waals surface area contributed by atoms with Gasteiger partial charge in [-0.05, 0) is 40.0 Å². The fourth-order valence-corrected chi connectivity index (χ4v) is 0.606. The molecule has 11 N–H and O–H groups in total. The quantitative estimate of drug-likeness (QED) is 0.0968. The van der Waals surface area contributed by atoms with Gasteiger partial charge in [-0.1, -0.05) is 123 Å². The van der Waals surface area contributed by atoms with Crippen LogP contribution in [-0.4, -0.2) is 91.3 Å². The van der Waals surface area contributed by atoms with Crippen LogP contribution in [-0.2, 0) is 30.2 Å². The molecular weight excluding hydrogens is 731 g/mol. The third-order valence-electron chi connectivity index (χ3n) is 3.80. The second-order valence-electron chi connectivity index (χ2n) is 11.0. The van der Waals surface area contributed by atoms with Crippen LogP contribution in [0.4, 0.5) is 4.79 Å². The van der Waals surface area contributed by atoms with E-state index in [9.17, 15) is 27.0 Å². The topological polar surface area (TPSA) is 263 Å². The Labute approximate surface area is 340 Å². The Hall–Kier alpha value is -2.46. The van der Waals surface area contributed by atoms with E-state index in [4.69, 9.17) is 16.6 Å².